The van der Waals surface area contributed by atoms with Crippen molar-refractivity contribution in [2.24, 2.45) is 0 Å². The quantitative estimate of drug-likeness (QED) is 0.487. The highest BCUT2D eigenvalue weighted by molar-refractivity contribution is 6.07. The summed E-state index contributed by atoms with van der Waals surface area (Å²) in [5, 5.41) is 6.32. The summed E-state index contributed by atoms with van der Waals surface area (Å²) >= 11 is 0. The first-order valence-electron chi connectivity index (χ1n) is 11.3. The highest BCUT2D eigenvalue weighted by Gasteiger charge is 2.48. The molecule has 1 amide bonds. The Morgan fingerprint density at radius 3 is 2.97 bits per heavy atom. The van der Waals surface area contributed by atoms with Gasteiger partial charge in [-0.2, -0.15) is 0 Å². The summed E-state index contributed by atoms with van der Waals surface area (Å²) in [4.78, 5) is 20.8. The van der Waals surface area contributed by atoms with Crippen LogP contribution in [0.5, 0.6) is 11.5 Å². The normalized spacial score (nSPS) is 24.4. The lowest BCUT2D eigenvalue weighted by molar-refractivity contribution is -0.152. The Morgan fingerprint density at radius 2 is 2.21 bits per heavy atom. The number of fused-ring (bicyclic) bond motifs is 3. The number of hydrogen-bond acceptors (Lipinski definition) is 6. The van der Waals surface area contributed by atoms with Crippen LogP contribution in [0.25, 0.3) is 11.3 Å². The van der Waals surface area contributed by atoms with Gasteiger partial charge in [0.05, 0.1) is 42.5 Å². The molecule has 176 valence electrons. The minimum absolute atomic E-state index is 0.0742. The predicted octanol–water partition coefficient (Wildman–Crippen LogP) is 4.13. The molecule has 0 bridgehead atoms. The fourth-order valence-electron chi connectivity index (χ4n) is 4.72. The van der Waals surface area contributed by atoms with E-state index in [1.54, 1.807) is 24.5 Å². The summed E-state index contributed by atoms with van der Waals surface area (Å²) in [5.41, 5.74) is 3.47. The molecule has 3 aliphatic rings. The topological polar surface area (TPSA) is 97.5 Å². The lowest BCUT2D eigenvalue weighted by Gasteiger charge is -2.38. The van der Waals surface area contributed by atoms with Gasteiger partial charge in [-0.15, -0.1) is 0 Å². The molecule has 9 heteroatoms. The number of amides is 1. The summed E-state index contributed by atoms with van der Waals surface area (Å²) in [6, 6.07) is 6.62. The molecule has 1 aliphatic carbocycles. The Labute approximate surface area is 195 Å². The summed E-state index contributed by atoms with van der Waals surface area (Å²) in [6.45, 7) is 3.13. The van der Waals surface area contributed by atoms with Crippen LogP contribution in [0.15, 0.2) is 36.7 Å². The standard InChI is InChI=1S/C25H25FN4O4/c1-25(7-9-34-25)12-33-18-11-27-8-6-13(18)21-22(28-16-5-3-4-15(26)23(16)32-2)19-20(30-21)14-10-17(14)29-24(19)31/h3-6,8,11,14,17,28,30H,7,9-10,12H2,1-2H3,(H,29,31)/t14-,17+,25+/m1/s1. The molecule has 4 heterocycles. The number of H-pyrrole nitrogens is 1. The van der Waals surface area contributed by atoms with Crippen molar-refractivity contribution >= 4 is 17.3 Å². The number of methoxy groups -OCH3 is 1. The number of carbonyl (C=O) groups excluding carboxylic acids is 1. The van der Waals surface area contributed by atoms with Crippen LogP contribution in [-0.4, -0.2) is 47.8 Å². The second-order valence-corrected chi connectivity index (χ2v) is 9.24. The van der Waals surface area contributed by atoms with Gasteiger partial charge in [0.15, 0.2) is 11.6 Å². The second-order valence-electron chi connectivity index (χ2n) is 9.24. The van der Waals surface area contributed by atoms with Gasteiger partial charge in [0, 0.05) is 35.8 Å². The van der Waals surface area contributed by atoms with E-state index in [2.05, 4.69) is 20.6 Å². The number of hydrogen-bond donors (Lipinski definition) is 3. The molecule has 3 atom stereocenters. The summed E-state index contributed by atoms with van der Waals surface area (Å²) in [5.74, 6) is 0.211. The van der Waals surface area contributed by atoms with Gasteiger partial charge in [0.2, 0.25) is 0 Å². The number of nitrogens with one attached hydrogen (secondary N) is 3. The van der Waals surface area contributed by atoms with Crippen LogP contribution < -0.4 is 20.1 Å². The lowest BCUT2D eigenvalue weighted by Crippen LogP contribution is -2.45. The van der Waals surface area contributed by atoms with E-state index in [-0.39, 0.29) is 29.2 Å². The van der Waals surface area contributed by atoms with Crippen LogP contribution in [0.2, 0.25) is 0 Å². The molecule has 0 radical (unpaired) electrons. The molecule has 2 aromatic heterocycles. The number of rotatable bonds is 7. The van der Waals surface area contributed by atoms with E-state index in [1.807, 2.05) is 13.0 Å². The van der Waals surface area contributed by atoms with Gasteiger partial charge in [0.25, 0.3) is 5.91 Å². The van der Waals surface area contributed by atoms with Gasteiger partial charge in [0.1, 0.15) is 18.0 Å². The number of halogens is 1. The summed E-state index contributed by atoms with van der Waals surface area (Å²) in [6.07, 6.45) is 5.14. The third-order valence-corrected chi connectivity index (χ3v) is 6.83. The van der Waals surface area contributed by atoms with E-state index in [1.165, 1.54) is 13.2 Å². The fraction of sp³-hybridized carbons (Fsp3) is 0.360. The number of carbonyl (C=O) groups is 1. The van der Waals surface area contributed by atoms with Crippen molar-refractivity contribution in [2.75, 3.05) is 25.6 Å². The zero-order valence-electron chi connectivity index (χ0n) is 18.9. The zero-order chi connectivity index (χ0) is 23.4. The SMILES string of the molecule is COc1c(F)cccc1Nc1c(-c2ccncc2OC[C@]2(C)CCO2)[nH]c2c1C(=O)N[C@H]1C[C@@H]21. The first-order chi connectivity index (χ1) is 16.5. The Balaban J connectivity index is 1.46. The van der Waals surface area contributed by atoms with Gasteiger partial charge in [-0.3, -0.25) is 9.78 Å². The number of pyridine rings is 1. The Bertz CT molecular complexity index is 1290. The minimum Gasteiger partial charge on any atom is -0.492 e. The minimum atomic E-state index is -0.494. The Hall–Kier alpha value is -3.59. The molecular weight excluding hydrogens is 439 g/mol. The maximum Gasteiger partial charge on any atom is 0.255 e. The number of nitrogens with zero attached hydrogens (tertiary/aromatic N) is 1. The average molecular weight is 464 g/mol. The number of para-hydroxylation sites is 1. The Morgan fingerprint density at radius 1 is 1.35 bits per heavy atom. The van der Waals surface area contributed by atoms with E-state index in [4.69, 9.17) is 14.2 Å². The smallest absolute Gasteiger partial charge is 0.255 e. The van der Waals surface area contributed by atoms with Gasteiger partial charge < -0.3 is 29.8 Å². The van der Waals surface area contributed by atoms with Gasteiger partial charge in [-0.25, -0.2) is 4.39 Å². The van der Waals surface area contributed by atoms with Crippen molar-refractivity contribution in [3.05, 3.63) is 53.7 Å². The number of aromatic amines is 1. The molecule has 3 N–H and O–H groups in total. The molecule has 0 unspecified atom stereocenters. The number of aromatic nitrogens is 2. The van der Waals surface area contributed by atoms with Crippen molar-refractivity contribution in [3.63, 3.8) is 0 Å². The monoisotopic (exact) mass is 464 g/mol. The van der Waals surface area contributed by atoms with Crippen LogP contribution in [-0.2, 0) is 4.74 Å². The van der Waals surface area contributed by atoms with Crippen LogP contribution >= 0.6 is 0 Å². The van der Waals surface area contributed by atoms with Crippen molar-refractivity contribution in [3.8, 4) is 22.8 Å². The first-order valence-corrected chi connectivity index (χ1v) is 11.3. The zero-order valence-corrected chi connectivity index (χ0v) is 18.9. The van der Waals surface area contributed by atoms with Crippen molar-refractivity contribution in [2.45, 2.75) is 37.3 Å². The van der Waals surface area contributed by atoms with Crippen LogP contribution in [0.4, 0.5) is 15.8 Å². The van der Waals surface area contributed by atoms with E-state index < -0.39 is 5.82 Å². The summed E-state index contributed by atoms with van der Waals surface area (Å²) < 4.78 is 31.5. The van der Waals surface area contributed by atoms with Gasteiger partial charge in [-0.1, -0.05) is 6.07 Å². The highest BCUT2D eigenvalue weighted by Crippen LogP contribution is 2.51. The fourth-order valence-corrected chi connectivity index (χ4v) is 4.72. The number of anilines is 2. The third-order valence-electron chi connectivity index (χ3n) is 6.83. The molecule has 1 aromatic carbocycles. The largest absolute Gasteiger partial charge is 0.492 e. The van der Waals surface area contributed by atoms with E-state index >= 15 is 0 Å². The molecule has 3 aromatic rings. The van der Waals surface area contributed by atoms with E-state index in [9.17, 15) is 9.18 Å². The third kappa shape index (κ3) is 3.38. The predicted molar refractivity (Wildman–Crippen MR) is 123 cm³/mol. The van der Waals surface area contributed by atoms with Crippen LogP contribution in [0, 0.1) is 5.82 Å². The molecule has 8 nitrogen and oxygen atoms in total. The molecule has 34 heavy (non-hydrogen) atoms. The van der Waals surface area contributed by atoms with Crippen LogP contribution in [0.3, 0.4) is 0 Å². The van der Waals surface area contributed by atoms with Crippen LogP contribution in [0.1, 0.15) is 41.7 Å². The number of ether oxygens (including phenoxy) is 3. The van der Waals surface area contributed by atoms with Crippen molar-refractivity contribution in [1.29, 1.82) is 0 Å². The first kappa shape index (κ1) is 21.0. The molecule has 1 saturated heterocycles. The molecular formula is C25H25FN4O4. The molecule has 6 rings (SSSR count). The Kier molecular flexibility index (Phi) is 4.77. The van der Waals surface area contributed by atoms with Crippen molar-refractivity contribution in [1.82, 2.24) is 15.3 Å². The highest BCUT2D eigenvalue weighted by atomic mass is 19.1. The van der Waals surface area contributed by atoms with Gasteiger partial charge >= 0.3 is 0 Å². The second kappa shape index (κ2) is 7.73. The molecule has 2 fully saturated rings. The maximum absolute atomic E-state index is 14.4. The van der Waals surface area contributed by atoms with Crippen molar-refractivity contribution < 1.29 is 23.4 Å². The number of benzene rings is 1. The van der Waals surface area contributed by atoms with E-state index in [0.717, 1.165) is 30.7 Å². The lowest BCUT2D eigenvalue weighted by atomic mass is 9.99. The maximum atomic E-state index is 14.4. The van der Waals surface area contributed by atoms with E-state index in [0.29, 0.717) is 35.0 Å². The molecule has 1 saturated carbocycles. The summed E-state index contributed by atoms with van der Waals surface area (Å²) in [7, 11) is 1.41. The average Bonchev–Trinajstić information content (AvgIpc) is 3.49. The molecule has 0 spiro atoms. The molecule has 2 aliphatic heterocycles. The van der Waals surface area contributed by atoms with Gasteiger partial charge in [-0.05, 0) is 31.5 Å².